The van der Waals surface area contributed by atoms with Crippen LogP contribution in [0.1, 0.15) is 52.4 Å². The maximum absolute atomic E-state index is 12.4. The molecule has 0 radical (unpaired) electrons. The van der Waals surface area contributed by atoms with Gasteiger partial charge in [0, 0.05) is 50.9 Å². The molecule has 64 heavy (non-hydrogen) atoms. The van der Waals surface area contributed by atoms with Crippen molar-refractivity contribution in [3.8, 4) is 0 Å². The molecule has 1 amide bonds. The lowest BCUT2D eigenvalue weighted by molar-refractivity contribution is -0.317. The van der Waals surface area contributed by atoms with Gasteiger partial charge in [-0.15, -0.1) is 11.8 Å². The Labute approximate surface area is 388 Å². The second kappa shape index (κ2) is 28.5. The second-order valence-corrected chi connectivity index (χ2v) is 20.6. The number of rotatable bonds is 27. The number of methoxy groups -OCH3 is 2. The number of thioether (sulfide) groups is 3. The van der Waals surface area contributed by atoms with Crippen molar-refractivity contribution in [1.29, 1.82) is 0 Å². The van der Waals surface area contributed by atoms with E-state index < -0.39 is 110 Å². The van der Waals surface area contributed by atoms with E-state index in [0.717, 1.165) is 17.9 Å². The molecule has 2 aliphatic heterocycles. The maximum Gasteiger partial charge on any atom is 0.230 e. The van der Waals surface area contributed by atoms with Crippen LogP contribution in [0.2, 0.25) is 0 Å². The molecule has 0 aromatic carbocycles. The largest absolute Gasteiger partial charge is 0.390 e. The van der Waals surface area contributed by atoms with Crippen molar-refractivity contribution in [2.75, 3.05) is 82.6 Å². The number of carbonyl (C=O) groups is 1. The number of aliphatic hydroxyl groups is 10. The molecular weight excluding hydrogens is 907 g/mol. The minimum atomic E-state index is -1.57. The Kier molecular flexibility index (Phi) is 25.1. The number of hydrogen-bond donors (Lipinski definition) is 11. The average molecular weight is 982 g/mol. The summed E-state index contributed by atoms with van der Waals surface area (Å²) < 4.78 is 46.5. The quantitative estimate of drug-likeness (QED) is 0.0382. The second-order valence-electron chi connectivity index (χ2n) is 17.0. The molecule has 2 saturated carbocycles. The van der Waals surface area contributed by atoms with Crippen LogP contribution in [0.5, 0.6) is 0 Å². The topological polar surface area (TPSA) is 305 Å². The molecular formula is C41H75NO19S3. The van der Waals surface area contributed by atoms with Crippen molar-refractivity contribution in [2.45, 2.75) is 161 Å². The molecule has 19 unspecified atom stereocenters. The summed E-state index contributed by atoms with van der Waals surface area (Å²) in [5.41, 5.74) is -1.50. The number of carbonyl (C=O) groups excluding carboxylic acids is 1. The van der Waals surface area contributed by atoms with Gasteiger partial charge in [-0.2, -0.15) is 23.5 Å². The molecule has 2 aliphatic carbocycles. The third-order valence-electron chi connectivity index (χ3n) is 12.1. The minimum Gasteiger partial charge on any atom is -0.390 e. The zero-order valence-electron chi connectivity index (χ0n) is 37.3. The summed E-state index contributed by atoms with van der Waals surface area (Å²) in [6.07, 6.45) is -16.7. The molecule has 0 aromatic heterocycles. The van der Waals surface area contributed by atoms with Gasteiger partial charge in [-0.25, -0.2) is 0 Å². The Morgan fingerprint density at radius 1 is 0.703 bits per heavy atom. The highest BCUT2D eigenvalue weighted by molar-refractivity contribution is 8.00. The zero-order chi connectivity index (χ0) is 47.0. The minimum absolute atomic E-state index is 0.0628. The first-order valence-corrected chi connectivity index (χ1v) is 25.6. The van der Waals surface area contributed by atoms with Crippen molar-refractivity contribution in [1.82, 2.24) is 5.32 Å². The summed E-state index contributed by atoms with van der Waals surface area (Å²) in [6, 6.07) is 0. The number of amides is 1. The molecule has 20 nitrogen and oxygen atoms in total. The van der Waals surface area contributed by atoms with E-state index in [4.69, 9.17) is 37.9 Å². The van der Waals surface area contributed by atoms with Crippen LogP contribution < -0.4 is 5.32 Å². The van der Waals surface area contributed by atoms with Gasteiger partial charge >= 0.3 is 0 Å². The lowest BCUT2D eigenvalue weighted by atomic mass is 9.81. The zero-order valence-corrected chi connectivity index (χ0v) is 39.7. The summed E-state index contributed by atoms with van der Waals surface area (Å²) >= 11 is 4.60. The van der Waals surface area contributed by atoms with Crippen molar-refractivity contribution in [3.63, 3.8) is 0 Å². The van der Waals surface area contributed by atoms with Crippen molar-refractivity contribution < 1.29 is 93.8 Å². The number of nitrogens with one attached hydrogen (secondary N) is 1. The Bertz CT molecular complexity index is 1320. The van der Waals surface area contributed by atoms with Gasteiger partial charge in [-0.1, -0.05) is 6.92 Å². The lowest BCUT2D eigenvalue weighted by Crippen LogP contribution is -2.61. The highest BCUT2D eigenvalue weighted by Crippen LogP contribution is 2.37. The summed E-state index contributed by atoms with van der Waals surface area (Å²) in [4.78, 5) is 12.4. The summed E-state index contributed by atoms with van der Waals surface area (Å²) in [5, 5.41) is 109. The van der Waals surface area contributed by atoms with Crippen LogP contribution in [0.3, 0.4) is 0 Å². The first-order chi connectivity index (χ1) is 30.6. The number of hydrogen-bond acceptors (Lipinski definition) is 22. The molecule has 23 heteroatoms. The summed E-state index contributed by atoms with van der Waals surface area (Å²) in [6.45, 7) is 3.87. The number of ether oxygens (including phenoxy) is 8. The summed E-state index contributed by atoms with van der Waals surface area (Å²) in [5.74, 6) is 2.23. The first kappa shape index (κ1) is 56.4. The SMILES string of the molecule is CCCSCCCOC1C(OCC2OC(OC)C(O)C(O)C2O)CC(COC2OC(COC)C(O)C(O)C2OCCCSCCNC(=O)CSC2CCC(O)C(O)C2(C)O)C(O)C1O. The molecule has 0 bridgehead atoms. The van der Waals surface area contributed by atoms with E-state index >= 15 is 0 Å². The van der Waals surface area contributed by atoms with E-state index in [-0.39, 0.29) is 56.4 Å². The van der Waals surface area contributed by atoms with Gasteiger partial charge in [0.05, 0.1) is 43.9 Å². The van der Waals surface area contributed by atoms with Crippen LogP contribution in [-0.2, 0) is 42.7 Å². The van der Waals surface area contributed by atoms with Crippen LogP contribution >= 0.6 is 35.3 Å². The first-order valence-electron chi connectivity index (χ1n) is 22.2. The van der Waals surface area contributed by atoms with E-state index in [9.17, 15) is 55.9 Å². The van der Waals surface area contributed by atoms with E-state index in [1.54, 1.807) is 23.5 Å². The van der Waals surface area contributed by atoms with E-state index in [1.165, 1.54) is 32.9 Å². The predicted octanol–water partition coefficient (Wildman–Crippen LogP) is -2.41. The molecule has 4 rings (SSSR count). The molecule has 0 spiro atoms. The fourth-order valence-electron chi connectivity index (χ4n) is 8.21. The Balaban J connectivity index is 1.29. The number of aliphatic hydroxyl groups excluding tert-OH is 9. The molecule has 2 saturated heterocycles. The van der Waals surface area contributed by atoms with Crippen LogP contribution in [0, 0.1) is 5.92 Å². The third kappa shape index (κ3) is 15.9. The maximum atomic E-state index is 12.4. The van der Waals surface area contributed by atoms with Gasteiger partial charge in [0.15, 0.2) is 12.6 Å². The highest BCUT2D eigenvalue weighted by atomic mass is 32.2. The molecule has 4 aliphatic rings. The summed E-state index contributed by atoms with van der Waals surface area (Å²) in [7, 11) is 2.71. The molecule has 4 fully saturated rings. The monoisotopic (exact) mass is 981 g/mol. The van der Waals surface area contributed by atoms with Crippen molar-refractivity contribution in [2.24, 2.45) is 5.92 Å². The Hall–Kier alpha value is -0.200. The molecule has 2 heterocycles. The van der Waals surface area contributed by atoms with E-state index in [0.29, 0.717) is 43.7 Å². The lowest BCUT2D eigenvalue weighted by Gasteiger charge is -2.45. The molecule has 376 valence electrons. The highest BCUT2D eigenvalue weighted by Gasteiger charge is 2.50. The van der Waals surface area contributed by atoms with Gasteiger partial charge in [0.25, 0.3) is 0 Å². The molecule has 19 atom stereocenters. The predicted molar refractivity (Wildman–Crippen MR) is 237 cm³/mol. The normalized spacial score (nSPS) is 40.7. The van der Waals surface area contributed by atoms with Crippen molar-refractivity contribution >= 4 is 41.2 Å². The van der Waals surface area contributed by atoms with Crippen LogP contribution in [0.4, 0.5) is 0 Å². The van der Waals surface area contributed by atoms with E-state index in [2.05, 4.69) is 12.2 Å². The standard InChI is InChI=1S/C41H75NO19S3/c1-5-13-62-14-6-11-56-36-24(58-20-26-30(46)32(48)35(51)39(55-4)60-26)17-22(29(45)33(36)49)18-59-40-37(34(50)31(47)25(61-40)19-54-3)57-12-7-15-63-16-10-42-28(44)21-64-27-9-8-23(43)38(52)41(27,2)53/h22-27,29-40,43,45-53H,5-21H2,1-4H3,(H,42,44). The van der Waals surface area contributed by atoms with Crippen LogP contribution in [0.15, 0.2) is 0 Å². The van der Waals surface area contributed by atoms with Gasteiger partial charge < -0.3 is 94.3 Å². The van der Waals surface area contributed by atoms with Crippen molar-refractivity contribution in [3.05, 3.63) is 0 Å². The fraction of sp³-hybridized carbons (Fsp3) is 0.976. The Morgan fingerprint density at radius 2 is 1.33 bits per heavy atom. The smallest absolute Gasteiger partial charge is 0.230 e. The Morgan fingerprint density at radius 3 is 2.00 bits per heavy atom. The van der Waals surface area contributed by atoms with Crippen LogP contribution in [-0.4, -0.2) is 248 Å². The molecule has 0 aromatic rings. The average Bonchev–Trinajstić information content (AvgIpc) is 3.27. The van der Waals surface area contributed by atoms with Crippen LogP contribution in [0.25, 0.3) is 0 Å². The fourth-order valence-corrected chi connectivity index (χ4v) is 11.0. The van der Waals surface area contributed by atoms with Gasteiger partial charge in [-0.05, 0) is 62.7 Å². The van der Waals surface area contributed by atoms with Gasteiger partial charge in [0.1, 0.15) is 72.7 Å². The third-order valence-corrected chi connectivity index (χ3v) is 15.9. The van der Waals surface area contributed by atoms with Gasteiger partial charge in [-0.3, -0.25) is 4.79 Å². The van der Waals surface area contributed by atoms with Gasteiger partial charge in [0.2, 0.25) is 5.91 Å². The van der Waals surface area contributed by atoms with E-state index in [1.807, 2.05) is 0 Å². The molecule has 11 N–H and O–H groups in total.